The van der Waals surface area contributed by atoms with Crippen LogP contribution < -0.4 is 5.32 Å². The summed E-state index contributed by atoms with van der Waals surface area (Å²) in [5.74, 6) is -0.0814. The Morgan fingerprint density at radius 1 is 1.24 bits per heavy atom. The number of likely N-dealkylation sites (tertiary alicyclic amines) is 1. The lowest BCUT2D eigenvalue weighted by Crippen LogP contribution is -2.44. The monoisotopic (exact) mass is 366 g/mol. The fourth-order valence-electron chi connectivity index (χ4n) is 3.72. The van der Waals surface area contributed by atoms with Crippen LogP contribution >= 0.6 is 0 Å². The molecule has 2 heterocycles. The van der Waals surface area contributed by atoms with Gasteiger partial charge in [0.2, 0.25) is 0 Å². The number of nitrogens with zero attached hydrogens (tertiary/aromatic N) is 1. The number of hydrogen-bond donors (Lipinski definition) is 1. The summed E-state index contributed by atoms with van der Waals surface area (Å²) in [4.78, 5) is 14.2. The van der Waals surface area contributed by atoms with Crippen LogP contribution in [0, 0.1) is 5.92 Å². The highest BCUT2D eigenvalue weighted by Gasteiger charge is 2.52. The number of sulfone groups is 1. The summed E-state index contributed by atoms with van der Waals surface area (Å²) in [7, 11) is -3.20. The van der Waals surface area contributed by atoms with E-state index in [4.69, 9.17) is 4.74 Å². The highest BCUT2D eigenvalue weighted by Crippen LogP contribution is 2.34. The van der Waals surface area contributed by atoms with Gasteiger partial charge in [0.1, 0.15) is 5.60 Å². The molecule has 0 bridgehead atoms. The van der Waals surface area contributed by atoms with E-state index < -0.39 is 26.8 Å². The van der Waals surface area contributed by atoms with E-state index >= 15 is 0 Å². The largest absolute Gasteiger partial charge is 0.444 e. The van der Waals surface area contributed by atoms with Crippen LogP contribution in [0.15, 0.2) is 30.3 Å². The van der Waals surface area contributed by atoms with Crippen molar-refractivity contribution in [3.05, 3.63) is 35.9 Å². The third-order valence-corrected chi connectivity index (χ3v) is 6.97. The average molecular weight is 366 g/mol. The molecule has 0 aromatic heterocycles. The van der Waals surface area contributed by atoms with Gasteiger partial charge in [-0.05, 0) is 26.3 Å². The topological polar surface area (TPSA) is 75.7 Å². The Morgan fingerprint density at radius 2 is 1.92 bits per heavy atom. The minimum absolute atomic E-state index is 0.000747. The number of nitrogens with one attached hydrogen (secondary N) is 1. The zero-order chi connectivity index (χ0) is 18.2. The van der Waals surface area contributed by atoms with Crippen LogP contribution in [0.5, 0.6) is 0 Å². The summed E-state index contributed by atoms with van der Waals surface area (Å²) < 4.78 is 30.3. The van der Waals surface area contributed by atoms with Crippen LogP contribution in [0.2, 0.25) is 0 Å². The van der Waals surface area contributed by atoms with E-state index in [0.717, 1.165) is 12.1 Å². The quantitative estimate of drug-likeness (QED) is 0.883. The van der Waals surface area contributed by atoms with Crippen LogP contribution in [0.25, 0.3) is 0 Å². The molecule has 1 amide bonds. The Kier molecular flexibility index (Phi) is 4.81. The summed E-state index contributed by atoms with van der Waals surface area (Å²) in [6.07, 6.45) is -0.546. The van der Waals surface area contributed by atoms with Gasteiger partial charge in [0.15, 0.2) is 9.84 Å². The van der Waals surface area contributed by atoms with E-state index in [1.165, 1.54) is 0 Å². The maximum atomic E-state index is 12.5. The second-order valence-corrected chi connectivity index (χ2v) is 10.2. The van der Waals surface area contributed by atoms with Gasteiger partial charge in [-0.15, -0.1) is 0 Å². The number of fused-ring (bicyclic) bond motifs is 1. The van der Waals surface area contributed by atoms with Crippen LogP contribution in [0.1, 0.15) is 26.3 Å². The SMILES string of the molecule is CC(C)(C)OC(=O)N[C@@H]1CS(=O)(=O)C2CN(Cc3ccccc3)CC21. The van der Waals surface area contributed by atoms with E-state index in [9.17, 15) is 13.2 Å². The number of carbonyl (C=O) groups is 1. The molecule has 25 heavy (non-hydrogen) atoms. The molecule has 0 aliphatic carbocycles. The summed E-state index contributed by atoms with van der Waals surface area (Å²) in [5.41, 5.74) is 0.562. The molecular formula is C18H26N2O4S. The van der Waals surface area contributed by atoms with Gasteiger partial charge in [0.05, 0.1) is 17.0 Å². The van der Waals surface area contributed by atoms with Crippen molar-refractivity contribution in [2.75, 3.05) is 18.8 Å². The Bertz CT molecular complexity index is 727. The predicted octanol–water partition coefficient (Wildman–Crippen LogP) is 1.81. The second kappa shape index (κ2) is 6.61. The maximum Gasteiger partial charge on any atom is 0.407 e. The lowest BCUT2D eigenvalue weighted by Gasteiger charge is -2.24. The van der Waals surface area contributed by atoms with Crippen LogP contribution in [0.4, 0.5) is 4.79 Å². The minimum Gasteiger partial charge on any atom is -0.444 e. The average Bonchev–Trinajstić information content (AvgIpc) is 2.98. The van der Waals surface area contributed by atoms with Gasteiger partial charge in [-0.3, -0.25) is 4.90 Å². The Morgan fingerprint density at radius 3 is 2.56 bits per heavy atom. The number of amides is 1. The highest BCUT2D eigenvalue weighted by atomic mass is 32.2. The minimum atomic E-state index is -3.20. The molecule has 1 aromatic carbocycles. The van der Waals surface area contributed by atoms with Crippen LogP contribution in [0.3, 0.4) is 0 Å². The van der Waals surface area contributed by atoms with Crippen molar-refractivity contribution in [1.82, 2.24) is 10.2 Å². The van der Waals surface area contributed by atoms with Crippen molar-refractivity contribution in [3.8, 4) is 0 Å². The van der Waals surface area contributed by atoms with E-state index in [1.54, 1.807) is 20.8 Å². The van der Waals surface area contributed by atoms with Gasteiger partial charge in [0.25, 0.3) is 0 Å². The normalized spacial score (nSPS) is 28.5. The van der Waals surface area contributed by atoms with E-state index in [2.05, 4.69) is 10.2 Å². The number of carbonyl (C=O) groups excluding carboxylic acids is 1. The first-order chi connectivity index (χ1) is 11.6. The Balaban J connectivity index is 1.67. The maximum absolute atomic E-state index is 12.5. The lowest BCUT2D eigenvalue weighted by atomic mass is 10.0. The first kappa shape index (κ1) is 18.2. The molecule has 2 saturated heterocycles. The molecule has 3 atom stereocenters. The van der Waals surface area contributed by atoms with Gasteiger partial charge in [-0.1, -0.05) is 30.3 Å². The molecule has 7 heteroatoms. The molecule has 1 N–H and O–H groups in total. The highest BCUT2D eigenvalue weighted by molar-refractivity contribution is 7.92. The van der Waals surface area contributed by atoms with E-state index in [1.807, 2.05) is 30.3 Å². The molecule has 6 nitrogen and oxygen atoms in total. The van der Waals surface area contributed by atoms with Crippen molar-refractivity contribution in [3.63, 3.8) is 0 Å². The second-order valence-electron chi connectivity index (χ2n) is 7.96. The fourth-order valence-corrected chi connectivity index (χ4v) is 6.05. The fraction of sp³-hybridized carbons (Fsp3) is 0.611. The van der Waals surface area contributed by atoms with Crippen LogP contribution in [-0.2, 0) is 21.1 Å². The molecule has 3 rings (SSSR count). The molecule has 138 valence electrons. The zero-order valence-corrected chi connectivity index (χ0v) is 15.8. The van der Waals surface area contributed by atoms with Crippen molar-refractivity contribution < 1.29 is 17.9 Å². The molecule has 2 aliphatic rings. The summed E-state index contributed by atoms with van der Waals surface area (Å²) in [6.45, 7) is 7.28. The molecular weight excluding hydrogens is 340 g/mol. The first-order valence-corrected chi connectivity index (χ1v) is 10.3. The first-order valence-electron chi connectivity index (χ1n) is 8.61. The standard InChI is InChI=1S/C18H26N2O4S/c1-18(2,3)24-17(21)19-15-12-25(22,23)16-11-20(10-14(15)16)9-13-7-5-4-6-8-13/h4-8,14-16H,9-12H2,1-3H3,(H,19,21)/t14?,15-,16?/m1/s1. The van der Waals surface area contributed by atoms with Gasteiger partial charge >= 0.3 is 6.09 Å². The lowest BCUT2D eigenvalue weighted by molar-refractivity contribution is 0.0497. The molecule has 2 fully saturated rings. The summed E-state index contributed by atoms with van der Waals surface area (Å²) >= 11 is 0. The van der Waals surface area contributed by atoms with Crippen molar-refractivity contribution >= 4 is 15.9 Å². The number of rotatable bonds is 3. The predicted molar refractivity (Wildman–Crippen MR) is 95.9 cm³/mol. The molecule has 2 unspecified atom stereocenters. The van der Waals surface area contributed by atoms with Gasteiger partial charge < -0.3 is 10.1 Å². The van der Waals surface area contributed by atoms with Crippen molar-refractivity contribution in [2.24, 2.45) is 5.92 Å². The van der Waals surface area contributed by atoms with Crippen molar-refractivity contribution in [2.45, 2.75) is 44.2 Å². The number of hydrogen-bond acceptors (Lipinski definition) is 5. The third kappa shape index (κ3) is 4.33. The molecule has 2 aliphatic heterocycles. The summed E-state index contributed by atoms with van der Waals surface area (Å²) in [5, 5.41) is 2.37. The van der Waals surface area contributed by atoms with Crippen LogP contribution in [-0.4, -0.2) is 55.1 Å². The smallest absolute Gasteiger partial charge is 0.407 e. The van der Waals surface area contributed by atoms with Crippen molar-refractivity contribution in [1.29, 1.82) is 0 Å². The van der Waals surface area contributed by atoms with Gasteiger partial charge in [-0.25, -0.2) is 13.2 Å². The number of benzene rings is 1. The Hall–Kier alpha value is -1.60. The number of alkyl carbamates (subject to hydrolysis) is 1. The molecule has 0 saturated carbocycles. The Labute approximate surface area is 149 Å². The third-order valence-electron chi connectivity index (χ3n) is 4.73. The molecule has 0 radical (unpaired) electrons. The summed E-state index contributed by atoms with van der Waals surface area (Å²) in [6, 6.07) is 9.63. The zero-order valence-electron chi connectivity index (χ0n) is 14.9. The van der Waals surface area contributed by atoms with E-state index in [-0.39, 0.29) is 17.7 Å². The number of ether oxygens (including phenoxy) is 1. The molecule has 1 aromatic rings. The molecule has 0 spiro atoms. The van der Waals surface area contributed by atoms with E-state index in [0.29, 0.717) is 13.1 Å². The van der Waals surface area contributed by atoms with Gasteiger partial charge in [0, 0.05) is 25.6 Å². The van der Waals surface area contributed by atoms with Gasteiger partial charge in [-0.2, -0.15) is 0 Å².